The average Bonchev–Trinajstić information content (AvgIpc) is 2.72. The molecule has 0 atom stereocenters. The summed E-state index contributed by atoms with van der Waals surface area (Å²) in [6.07, 6.45) is 0. The first kappa shape index (κ1) is 13.2. The fraction of sp³-hybridized carbons (Fsp3) is 0.286. The molecular formula is C14H14FN3O. The second-order valence-corrected chi connectivity index (χ2v) is 4.30. The van der Waals surface area contributed by atoms with E-state index in [2.05, 4.69) is 10.5 Å². The summed E-state index contributed by atoms with van der Waals surface area (Å²) >= 11 is 0. The summed E-state index contributed by atoms with van der Waals surface area (Å²) < 4.78 is 18.9. The zero-order chi connectivity index (χ0) is 13.8. The van der Waals surface area contributed by atoms with Crippen molar-refractivity contribution < 1.29 is 8.91 Å². The van der Waals surface area contributed by atoms with E-state index in [4.69, 9.17) is 9.78 Å². The predicted octanol–water partition coefficient (Wildman–Crippen LogP) is 2.59. The summed E-state index contributed by atoms with van der Waals surface area (Å²) in [5, 5.41) is 15.7. The van der Waals surface area contributed by atoms with Crippen LogP contribution >= 0.6 is 0 Å². The van der Waals surface area contributed by atoms with Gasteiger partial charge in [0.15, 0.2) is 0 Å². The lowest BCUT2D eigenvalue weighted by Gasteiger charge is -2.06. The molecule has 1 aromatic heterocycles. The van der Waals surface area contributed by atoms with E-state index >= 15 is 0 Å². The van der Waals surface area contributed by atoms with Crippen molar-refractivity contribution in [1.82, 2.24) is 10.5 Å². The van der Waals surface area contributed by atoms with E-state index in [0.717, 1.165) is 17.0 Å². The van der Waals surface area contributed by atoms with Crippen molar-refractivity contribution in [2.24, 2.45) is 0 Å². The Labute approximate surface area is 110 Å². The highest BCUT2D eigenvalue weighted by molar-refractivity contribution is 5.35. The van der Waals surface area contributed by atoms with Gasteiger partial charge in [-0.1, -0.05) is 17.3 Å². The van der Waals surface area contributed by atoms with Crippen LogP contribution < -0.4 is 5.32 Å². The van der Waals surface area contributed by atoms with Crippen LogP contribution in [-0.2, 0) is 13.1 Å². The Kier molecular flexibility index (Phi) is 3.93. The van der Waals surface area contributed by atoms with Crippen LogP contribution in [0.15, 0.2) is 22.7 Å². The van der Waals surface area contributed by atoms with Gasteiger partial charge in [-0.3, -0.25) is 0 Å². The highest BCUT2D eigenvalue weighted by atomic mass is 19.1. The number of halogens is 1. The molecule has 0 radical (unpaired) electrons. The topological polar surface area (TPSA) is 61.9 Å². The van der Waals surface area contributed by atoms with Crippen LogP contribution in [0.5, 0.6) is 0 Å². The molecule has 0 aliphatic heterocycles. The van der Waals surface area contributed by atoms with Crippen molar-refractivity contribution in [3.05, 3.63) is 52.2 Å². The smallest absolute Gasteiger partial charge is 0.145 e. The predicted molar refractivity (Wildman–Crippen MR) is 67.6 cm³/mol. The number of nitrogens with one attached hydrogen (secondary N) is 1. The maximum absolute atomic E-state index is 13.8. The molecular weight excluding hydrogens is 245 g/mol. The van der Waals surface area contributed by atoms with Crippen LogP contribution in [0.1, 0.15) is 28.1 Å². The van der Waals surface area contributed by atoms with Crippen molar-refractivity contribution in [3.8, 4) is 6.07 Å². The minimum Gasteiger partial charge on any atom is -0.361 e. The Morgan fingerprint density at radius 3 is 2.79 bits per heavy atom. The van der Waals surface area contributed by atoms with Crippen LogP contribution in [0.3, 0.4) is 0 Å². The van der Waals surface area contributed by atoms with Gasteiger partial charge in [-0.25, -0.2) is 4.39 Å². The number of hydrogen-bond donors (Lipinski definition) is 1. The molecule has 0 aliphatic carbocycles. The summed E-state index contributed by atoms with van der Waals surface area (Å²) in [7, 11) is 0. The highest BCUT2D eigenvalue weighted by Gasteiger charge is 2.10. The van der Waals surface area contributed by atoms with Crippen molar-refractivity contribution in [1.29, 1.82) is 5.26 Å². The minimum atomic E-state index is -0.462. The monoisotopic (exact) mass is 259 g/mol. The fourth-order valence-corrected chi connectivity index (χ4v) is 1.88. The van der Waals surface area contributed by atoms with Crippen LogP contribution in [-0.4, -0.2) is 5.16 Å². The number of nitriles is 1. The Bertz CT molecular complexity index is 609. The van der Waals surface area contributed by atoms with Gasteiger partial charge in [0.25, 0.3) is 0 Å². The van der Waals surface area contributed by atoms with Gasteiger partial charge in [-0.15, -0.1) is 0 Å². The molecule has 4 nitrogen and oxygen atoms in total. The maximum Gasteiger partial charge on any atom is 0.145 e. The summed E-state index contributed by atoms with van der Waals surface area (Å²) in [6, 6.07) is 6.63. The van der Waals surface area contributed by atoms with Gasteiger partial charge in [0.2, 0.25) is 0 Å². The summed E-state index contributed by atoms with van der Waals surface area (Å²) in [6.45, 7) is 4.61. The molecule has 1 heterocycles. The quantitative estimate of drug-likeness (QED) is 0.916. The van der Waals surface area contributed by atoms with Crippen LogP contribution in [0, 0.1) is 31.0 Å². The van der Waals surface area contributed by atoms with Crippen molar-refractivity contribution >= 4 is 0 Å². The molecule has 0 fully saturated rings. The Hall–Kier alpha value is -2.19. The van der Waals surface area contributed by atoms with Gasteiger partial charge in [0, 0.05) is 24.2 Å². The summed E-state index contributed by atoms with van der Waals surface area (Å²) in [4.78, 5) is 0. The number of aryl methyl sites for hydroxylation is 2. The standard InChI is InChI=1S/C14H14FN3O/c1-9-13(10(2)19-18-9)8-17-7-12-5-3-4-11(6-16)14(12)15/h3-5,17H,7-8H2,1-2H3. The number of hydrogen-bond acceptors (Lipinski definition) is 4. The Balaban J connectivity index is 2.03. The van der Waals surface area contributed by atoms with Gasteiger partial charge < -0.3 is 9.84 Å². The van der Waals surface area contributed by atoms with Gasteiger partial charge in [-0.05, 0) is 19.9 Å². The van der Waals surface area contributed by atoms with E-state index in [0.29, 0.717) is 18.7 Å². The number of rotatable bonds is 4. The minimum absolute atomic E-state index is 0.0663. The zero-order valence-electron chi connectivity index (χ0n) is 10.8. The fourth-order valence-electron chi connectivity index (χ4n) is 1.88. The number of aromatic nitrogens is 1. The lowest BCUT2D eigenvalue weighted by molar-refractivity contribution is 0.392. The molecule has 0 amide bonds. The summed E-state index contributed by atoms with van der Waals surface area (Å²) in [5.74, 6) is 0.299. The van der Waals surface area contributed by atoms with Gasteiger partial charge in [0.05, 0.1) is 11.3 Å². The van der Waals surface area contributed by atoms with Gasteiger partial charge >= 0.3 is 0 Å². The molecule has 2 aromatic rings. The molecule has 0 spiro atoms. The maximum atomic E-state index is 13.8. The van der Waals surface area contributed by atoms with Crippen LogP contribution in [0.25, 0.3) is 0 Å². The van der Waals surface area contributed by atoms with Crippen molar-refractivity contribution in [3.63, 3.8) is 0 Å². The molecule has 5 heteroatoms. The van der Waals surface area contributed by atoms with Crippen molar-refractivity contribution in [2.45, 2.75) is 26.9 Å². The van der Waals surface area contributed by atoms with E-state index in [1.54, 1.807) is 12.1 Å². The zero-order valence-corrected chi connectivity index (χ0v) is 10.8. The normalized spacial score (nSPS) is 10.4. The van der Waals surface area contributed by atoms with E-state index in [-0.39, 0.29) is 5.56 Å². The van der Waals surface area contributed by atoms with E-state index < -0.39 is 5.82 Å². The lowest BCUT2D eigenvalue weighted by atomic mass is 10.1. The molecule has 19 heavy (non-hydrogen) atoms. The molecule has 98 valence electrons. The van der Waals surface area contributed by atoms with Crippen molar-refractivity contribution in [2.75, 3.05) is 0 Å². The Morgan fingerprint density at radius 2 is 2.16 bits per heavy atom. The third-order valence-corrected chi connectivity index (χ3v) is 3.00. The first-order chi connectivity index (χ1) is 9.13. The number of nitrogens with zero attached hydrogens (tertiary/aromatic N) is 2. The number of benzene rings is 1. The first-order valence-corrected chi connectivity index (χ1v) is 5.93. The SMILES string of the molecule is Cc1noc(C)c1CNCc1cccc(C#N)c1F. The third kappa shape index (κ3) is 2.80. The molecule has 0 unspecified atom stereocenters. The van der Waals surface area contributed by atoms with Crippen LogP contribution in [0.2, 0.25) is 0 Å². The molecule has 1 N–H and O–H groups in total. The summed E-state index contributed by atoms with van der Waals surface area (Å²) in [5.41, 5.74) is 2.36. The van der Waals surface area contributed by atoms with Crippen LogP contribution in [0.4, 0.5) is 4.39 Å². The molecule has 0 saturated heterocycles. The molecule has 2 rings (SSSR count). The van der Waals surface area contributed by atoms with Gasteiger partial charge in [-0.2, -0.15) is 5.26 Å². The lowest BCUT2D eigenvalue weighted by Crippen LogP contribution is -2.15. The second-order valence-electron chi connectivity index (χ2n) is 4.30. The highest BCUT2D eigenvalue weighted by Crippen LogP contribution is 2.14. The Morgan fingerprint density at radius 1 is 1.37 bits per heavy atom. The first-order valence-electron chi connectivity index (χ1n) is 5.93. The molecule has 0 aliphatic rings. The van der Waals surface area contributed by atoms with E-state index in [1.807, 2.05) is 19.9 Å². The average molecular weight is 259 g/mol. The second kappa shape index (κ2) is 5.63. The third-order valence-electron chi connectivity index (χ3n) is 3.00. The molecule has 0 saturated carbocycles. The largest absolute Gasteiger partial charge is 0.361 e. The molecule has 1 aromatic carbocycles. The van der Waals surface area contributed by atoms with E-state index in [9.17, 15) is 4.39 Å². The van der Waals surface area contributed by atoms with Gasteiger partial charge in [0.1, 0.15) is 17.6 Å². The van der Waals surface area contributed by atoms with E-state index in [1.165, 1.54) is 6.07 Å². The molecule has 0 bridgehead atoms.